The van der Waals surface area contributed by atoms with Crippen LogP contribution in [0.3, 0.4) is 0 Å². The number of halogens is 2. The highest BCUT2D eigenvalue weighted by Gasteiger charge is 2.33. The molecule has 2 fully saturated rings. The van der Waals surface area contributed by atoms with E-state index in [9.17, 15) is 4.79 Å². The Hall–Kier alpha value is -0.770. The summed E-state index contributed by atoms with van der Waals surface area (Å²) < 4.78 is 0. The molecule has 0 aromatic heterocycles. The number of carbonyl (C=O) groups excluding carboxylic acids is 1. The van der Waals surface area contributed by atoms with Gasteiger partial charge in [0.15, 0.2) is 0 Å². The smallest absolute Gasteiger partial charge is 0.234 e. The molecule has 21 heavy (non-hydrogen) atoms. The number of rotatable bonds is 7. The van der Waals surface area contributed by atoms with Gasteiger partial charge in [-0.05, 0) is 61.8 Å². The number of carbonyl (C=O) groups is 1. The van der Waals surface area contributed by atoms with Gasteiger partial charge in [-0.2, -0.15) is 0 Å². The summed E-state index contributed by atoms with van der Waals surface area (Å²) in [4.78, 5) is 12.0. The van der Waals surface area contributed by atoms with Crippen molar-refractivity contribution in [2.24, 2.45) is 11.8 Å². The second-order valence-corrected chi connectivity index (χ2v) is 6.44. The van der Waals surface area contributed by atoms with Crippen LogP contribution in [0.2, 0.25) is 5.02 Å². The summed E-state index contributed by atoms with van der Waals surface area (Å²) in [5.41, 5.74) is 1.16. The Bertz CT molecular complexity index is 470. The second kappa shape index (κ2) is 7.48. The van der Waals surface area contributed by atoms with Gasteiger partial charge in [0.1, 0.15) is 0 Å². The van der Waals surface area contributed by atoms with E-state index in [1.54, 1.807) is 0 Å². The Morgan fingerprint density at radius 1 is 1.19 bits per heavy atom. The first kappa shape index (κ1) is 16.6. The highest BCUT2D eigenvalue weighted by Crippen LogP contribution is 2.41. The van der Waals surface area contributed by atoms with Crippen LogP contribution in [0.1, 0.15) is 37.3 Å². The molecular weight excluding hydrogens is 307 g/mol. The molecule has 3 nitrogen and oxygen atoms in total. The van der Waals surface area contributed by atoms with E-state index in [1.165, 1.54) is 25.7 Å². The number of hydrogen-bond donors (Lipinski definition) is 2. The van der Waals surface area contributed by atoms with Crippen molar-refractivity contribution in [1.29, 1.82) is 0 Å². The van der Waals surface area contributed by atoms with Gasteiger partial charge in [0.25, 0.3) is 0 Å². The van der Waals surface area contributed by atoms with Crippen molar-refractivity contribution in [3.05, 3.63) is 34.9 Å². The molecule has 2 saturated carbocycles. The van der Waals surface area contributed by atoms with E-state index in [0.29, 0.717) is 12.5 Å². The van der Waals surface area contributed by atoms with Gasteiger partial charge in [0.2, 0.25) is 5.91 Å². The van der Waals surface area contributed by atoms with Crippen molar-refractivity contribution >= 4 is 29.9 Å². The molecule has 0 radical (unpaired) electrons. The average Bonchev–Trinajstić information content (AvgIpc) is 3.30. The topological polar surface area (TPSA) is 41.1 Å². The summed E-state index contributed by atoms with van der Waals surface area (Å²) in [6.45, 7) is 1.40. The highest BCUT2D eigenvalue weighted by molar-refractivity contribution is 6.30. The third-order valence-corrected chi connectivity index (χ3v) is 4.31. The van der Waals surface area contributed by atoms with Crippen LogP contribution in [0.4, 0.5) is 0 Å². The van der Waals surface area contributed by atoms with Crippen molar-refractivity contribution in [2.75, 3.05) is 13.1 Å². The molecule has 1 aromatic carbocycles. The van der Waals surface area contributed by atoms with Crippen LogP contribution in [0, 0.1) is 11.8 Å². The van der Waals surface area contributed by atoms with E-state index in [1.807, 2.05) is 24.3 Å². The monoisotopic (exact) mass is 328 g/mol. The number of benzene rings is 1. The zero-order valence-electron chi connectivity index (χ0n) is 12.0. The second-order valence-electron chi connectivity index (χ2n) is 6.01. The first-order chi connectivity index (χ1) is 9.72. The summed E-state index contributed by atoms with van der Waals surface area (Å²) in [5, 5.41) is 7.14. The largest absolute Gasteiger partial charge is 0.348 e. The predicted molar refractivity (Wildman–Crippen MR) is 87.9 cm³/mol. The lowest BCUT2D eigenvalue weighted by molar-refractivity contribution is -0.121. The van der Waals surface area contributed by atoms with Crippen LogP contribution in [0.15, 0.2) is 24.3 Å². The van der Waals surface area contributed by atoms with Crippen molar-refractivity contribution in [2.45, 2.75) is 31.7 Å². The summed E-state index contributed by atoms with van der Waals surface area (Å²) in [6.07, 6.45) is 5.01. The molecular formula is C16H22Cl2N2O. The molecule has 2 aliphatic rings. The normalized spacial score (nSPS) is 18.7. The zero-order valence-corrected chi connectivity index (χ0v) is 13.6. The Kier molecular flexibility index (Phi) is 5.91. The molecule has 2 N–H and O–H groups in total. The van der Waals surface area contributed by atoms with Crippen molar-refractivity contribution in [3.8, 4) is 0 Å². The maximum Gasteiger partial charge on any atom is 0.234 e. The lowest BCUT2D eigenvalue weighted by Gasteiger charge is -2.19. The molecule has 3 rings (SSSR count). The Labute approximate surface area is 137 Å². The molecule has 0 heterocycles. The predicted octanol–water partition coefficient (Wildman–Crippen LogP) is 3.33. The minimum absolute atomic E-state index is 0. The lowest BCUT2D eigenvalue weighted by Crippen LogP contribution is -2.37. The van der Waals surface area contributed by atoms with Gasteiger partial charge in [-0.1, -0.05) is 23.7 Å². The van der Waals surface area contributed by atoms with Gasteiger partial charge in [-0.3, -0.25) is 4.79 Å². The molecule has 0 aliphatic heterocycles. The van der Waals surface area contributed by atoms with Crippen molar-refractivity contribution < 1.29 is 4.79 Å². The standard InChI is InChI=1S/C16H21ClN2O.ClH/c17-14-7-5-13(6-8-14)16(12-3-4-12)19-15(20)10-18-9-11-1-2-11;/h5-8,11-12,16,18H,1-4,9-10H2,(H,19,20);1H. The van der Waals surface area contributed by atoms with Crippen LogP contribution < -0.4 is 10.6 Å². The Morgan fingerprint density at radius 3 is 2.43 bits per heavy atom. The van der Waals surface area contributed by atoms with Gasteiger partial charge in [0, 0.05) is 5.02 Å². The minimum Gasteiger partial charge on any atom is -0.348 e. The number of hydrogen-bond acceptors (Lipinski definition) is 2. The summed E-state index contributed by atoms with van der Waals surface area (Å²) in [5.74, 6) is 1.49. The van der Waals surface area contributed by atoms with Crippen LogP contribution in [-0.4, -0.2) is 19.0 Å². The molecule has 116 valence electrons. The molecule has 1 amide bonds. The summed E-state index contributed by atoms with van der Waals surface area (Å²) in [6, 6.07) is 7.96. The fraction of sp³-hybridized carbons (Fsp3) is 0.562. The van der Waals surface area contributed by atoms with Gasteiger partial charge < -0.3 is 10.6 Å². The lowest BCUT2D eigenvalue weighted by atomic mass is 10.0. The third-order valence-electron chi connectivity index (χ3n) is 4.05. The Morgan fingerprint density at radius 2 is 1.86 bits per heavy atom. The van der Waals surface area contributed by atoms with E-state index in [-0.39, 0.29) is 24.4 Å². The van der Waals surface area contributed by atoms with Crippen LogP contribution in [0.5, 0.6) is 0 Å². The quantitative estimate of drug-likeness (QED) is 0.806. The highest BCUT2D eigenvalue weighted by atomic mass is 35.5. The third kappa shape index (κ3) is 5.17. The minimum atomic E-state index is 0. The molecule has 1 atom stereocenters. The SMILES string of the molecule is Cl.O=C(CNCC1CC1)NC(c1ccc(Cl)cc1)C1CC1. The fourth-order valence-corrected chi connectivity index (χ4v) is 2.64. The molecule has 0 spiro atoms. The maximum atomic E-state index is 12.0. The van der Waals surface area contributed by atoms with E-state index in [2.05, 4.69) is 10.6 Å². The fourth-order valence-electron chi connectivity index (χ4n) is 2.51. The molecule has 5 heteroatoms. The van der Waals surface area contributed by atoms with Crippen molar-refractivity contribution in [1.82, 2.24) is 10.6 Å². The zero-order chi connectivity index (χ0) is 13.9. The van der Waals surface area contributed by atoms with Crippen LogP contribution in [-0.2, 0) is 4.79 Å². The van der Waals surface area contributed by atoms with Gasteiger partial charge in [-0.25, -0.2) is 0 Å². The van der Waals surface area contributed by atoms with Gasteiger partial charge in [-0.15, -0.1) is 12.4 Å². The van der Waals surface area contributed by atoms with Gasteiger partial charge >= 0.3 is 0 Å². The number of amides is 1. The van der Waals surface area contributed by atoms with E-state index < -0.39 is 0 Å². The first-order valence-corrected chi connectivity index (χ1v) is 7.86. The van der Waals surface area contributed by atoms with E-state index in [0.717, 1.165) is 23.0 Å². The maximum absolute atomic E-state index is 12.0. The average molecular weight is 329 g/mol. The molecule has 0 bridgehead atoms. The van der Waals surface area contributed by atoms with Crippen LogP contribution in [0.25, 0.3) is 0 Å². The molecule has 0 saturated heterocycles. The number of nitrogens with one attached hydrogen (secondary N) is 2. The van der Waals surface area contributed by atoms with E-state index >= 15 is 0 Å². The Balaban J connectivity index is 0.00000161. The molecule has 1 aromatic rings. The van der Waals surface area contributed by atoms with Crippen molar-refractivity contribution in [3.63, 3.8) is 0 Å². The first-order valence-electron chi connectivity index (χ1n) is 7.48. The molecule has 2 aliphatic carbocycles. The summed E-state index contributed by atoms with van der Waals surface area (Å²) in [7, 11) is 0. The van der Waals surface area contributed by atoms with Gasteiger partial charge in [0.05, 0.1) is 12.6 Å². The molecule has 1 unspecified atom stereocenters. The van der Waals surface area contributed by atoms with E-state index in [4.69, 9.17) is 11.6 Å². The summed E-state index contributed by atoms with van der Waals surface area (Å²) >= 11 is 5.92. The van der Waals surface area contributed by atoms with Crippen LogP contribution >= 0.6 is 24.0 Å².